The highest BCUT2D eigenvalue weighted by Gasteiger charge is 2.48. The van der Waals surface area contributed by atoms with E-state index in [0.29, 0.717) is 6.42 Å². The van der Waals surface area contributed by atoms with Crippen LogP contribution in [0.15, 0.2) is 0 Å². The van der Waals surface area contributed by atoms with Crippen LogP contribution in [0.2, 0.25) is 0 Å². The zero-order valence-corrected chi connectivity index (χ0v) is 15.0. The summed E-state index contributed by atoms with van der Waals surface area (Å²) in [5.74, 6) is 5.94. The Balaban J connectivity index is 1.13. The van der Waals surface area contributed by atoms with Gasteiger partial charge in [-0.2, -0.15) is 0 Å². The highest BCUT2D eigenvalue weighted by Crippen LogP contribution is 2.58. The molecule has 0 aromatic carbocycles. The van der Waals surface area contributed by atoms with Crippen molar-refractivity contribution in [3.05, 3.63) is 0 Å². The van der Waals surface area contributed by atoms with Gasteiger partial charge < -0.3 is 5.11 Å². The van der Waals surface area contributed by atoms with Crippen molar-refractivity contribution in [2.24, 2.45) is 35.5 Å². The van der Waals surface area contributed by atoms with Gasteiger partial charge in [0.05, 0.1) is 0 Å². The molecule has 3 aliphatic rings. The van der Waals surface area contributed by atoms with E-state index in [4.69, 9.17) is 5.11 Å². The molecule has 0 heterocycles. The standard InChI is InChI=1S/C21H36O2/c1-2-15-10-17(15)12-19-14-20(19)13-18-11-16(18)8-6-4-3-5-7-9-21(22)23/h15-20H,2-14H2,1H3,(H,22,23)/t15-,16-,17-,18-,19?,20?/m1/s1. The van der Waals surface area contributed by atoms with Crippen molar-refractivity contribution in [2.75, 3.05) is 0 Å². The second-order valence-corrected chi connectivity index (χ2v) is 8.85. The first-order valence-electron chi connectivity index (χ1n) is 10.4. The number of hydrogen-bond acceptors (Lipinski definition) is 1. The third-order valence-corrected chi connectivity index (χ3v) is 6.91. The predicted octanol–water partition coefficient (Wildman–Crippen LogP) is 5.90. The quantitative estimate of drug-likeness (QED) is 0.429. The molecule has 1 N–H and O–H groups in total. The Hall–Kier alpha value is -0.530. The average molecular weight is 321 g/mol. The molecular formula is C21H36O2. The maximum Gasteiger partial charge on any atom is 0.303 e. The molecule has 3 aliphatic carbocycles. The van der Waals surface area contributed by atoms with E-state index in [1.807, 2.05) is 0 Å². The van der Waals surface area contributed by atoms with Crippen LogP contribution in [0, 0.1) is 35.5 Å². The van der Waals surface area contributed by atoms with Gasteiger partial charge in [0.2, 0.25) is 0 Å². The van der Waals surface area contributed by atoms with E-state index in [1.54, 1.807) is 19.3 Å². The Kier molecular flexibility index (Phi) is 6.04. The zero-order valence-electron chi connectivity index (χ0n) is 15.0. The van der Waals surface area contributed by atoms with Gasteiger partial charge in [-0.25, -0.2) is 0 Å². The van der Waals surface area contributed by atoms with Crippen molar-refractivity contribution in [1.82, 2.24) is 0 Å². The Morgan fingerprint density at radius 2 is 1.30 bits per heavy atom. The molecule has 132 valence electrons. The smallest absolute Gasteiger partial charge is 0.303 e. The molecule has 0 aromatic rings. The van der Waals surface area contributed by atoms with Crippen LogP contribution < -0.4 is 0 Å². The summed E-state index contributed by atoms with van der Waals surface area (Å²) in [6.45, 7) is 2.36. The predicted molar refractivity (Wildman–Crippen MR) is 94.3 cm³/mol. The summed E-state index contributed by atoms with van der Waals surface area (Å²) in [5.41, 5.74) is 0. The summed E-state index contributed by atoms with van der Waals surface area (Å²) < 4.78 is 0. The molecule has 2 heteroatoms. The van der Waals surface area contributed by atoms with E-state index in [0.717, 1.165) is 48.3 Å². The SMILES string of the molecule is CC[C@@H]1C[C@@H]1CC1CC1C[C@H]1C[C@H]1CCCCCCCC(=O)O. The van der Waals surface area contributed by atoms with Gasteiger partial charge >= 0.3 is 5.97 Å². The van der Waals surface area contributed by atoms with Crippen LogP contribution in [-0.2, 0) is 4.79 Å². The number of unbranched alkanes of at least 4 members (excludes halogenated alkanes) is 4. The zero-order chi connectivity index (χ0) is 16.2. The van der Waals surface area contributed by atoms with Crippen molar-refractivity contribution in [3.8, 4) is 0 Å². The van der Waals surface area contributed by atoms with E-state index in [1.165, 1.54) is 44.9 Å². The molecule has 0 saturated heterocycles. The monoisotopic (exact) mass is 320 g/mol. The van der Waals surface area contributed by atoms with Crippen LogP contribution in [0.5, 0.6) is 0 Å². The molecule has 0 spiro atoms. The number of carboxylic acid groups (broad SMARTS) is 1. The van der Waals surface area contributed by atoms with Crippen molar-refractivity contribution in [2.45, 2.75) is 90.4 Å². The molecule has 2 unspecified atom stereocenters. The number of hydrogen-bond donors (Lipinski definition) is 1. The van der Waals surface area contributed by atoms with Crippen LogP contribution in [0.25, 0.3) is 0 Å². The molecule has 23 heavy (non-hydrogen) atoms. The molecule has 3 fully saturated rings. The van der Waals surface area contributed by atoms with E-state index in [9.17, 15) is 4.79 Å². The summed E-state index contributed by atoms with van der Waals surface area (Å²) in [4.78, 5) is 10.4. The molecule has 0 amide bonds. The van der Waals surface area contributed by atoms with Crippen molar-refractivity contribution in [3.63, 3.8) is 0 Å². The lowest BCUT2D eigenvalue weighted by molar-refractivity contribution is -0.137. The molecule has 3 rings (SSSR count). The summed E-state index contributed by atoms with van der Waals surface area (Å²) in [7, 11) is 0. The lowest BCUT2D eigenvalue weighted by Crippen LogP contribution is -1.93. The molecule has 0 radical (unpaired) electrons. The topological polar surface area (TPSA) is 37.3 Å². The van der Waals surface area contributed by atoms with Gasteiger partial charge in [-0.15, -0.1) is 0 Å². The van der Waals surface area contributed by atoms with Gasteiger partial charge in [-0.1, -0.05) is 45.4 Å². The minimum absolute atomic E-state index is 0.354. The highest BCUT2D eigenvalue weighted by molar-refractivity contribution is 5.66. The first-order valence-corrected chi connectivity index (χ1v) is 10.4. The van der Waals surface area contributed by atoms with Gasteiger partial charge in [0.15, 0.2) is 0 Å². The Morgan fingerprint density at radius 3 is 1.96 bits per heavy atom. The highest BCUT2D eigenvalue weighted by atomic mass is 16.4. The largest absolute Gasteiger partial charge is 0.481 e. The van der Waals surface area contributed by atoms with Crippen LogP contribution in [-0.4, -0.2) is 11.1 Å². The number of rotatable bonds is 13. The average Bonchev–Trinajstić information content (AvgIpc) is 3.40. The van der Waals surface area contributed by atoms with E-state index in [-0.39, 0.29) is 0 Å². The van der Waals surface area contributed by atoms with Gasteiger partial charge in [-0.3, -0.25) is 4.79 Å². The normalized spacial score (nSPS) is 37.6. The molecule has 0 aromatic heterocycles. The van der Waals surface area contributed by atoms with Gasteiger partial charge in [0.25, 0.3) is 0 Å². The van der Waals surface area contributed by atoms with Crippen molar-refractivity contribution in [1.29, 1.82) is 0 Å². The third kappa shape index (κ3) is 5.80. The number of carbonyl (C=O) groups is 1. The maximum absolute atomic E-state index is 10.4. The van der Waals surface area contributed by atoms with Crippen LogP contribution in [0.1, 0.15) is 90.4 Å². The minimum atomic E-state index is -0.642. The number of carboxylic acids is 1. The summed E-state index contributed by atoms with van der Waals surface area (Å²) in [6.07, 6.45) is 16.8. The fraction of sp³-hybridized carbons (Fsp3) is 0.952. The third-order valence-electron chi connectivity index (χ3n) is 6.91. The van der Waals surface area contributed by atoms with Crippen LogP contribution in [0.3, 0.4) is 0 Å². The van der Waals surface area contributed by atoms with E-state index < -0.39 is 5.97 Å². The Morgan fingerprint density at radius 1 is 0.783 bits per heavy atom. The van der Waals surface area contributed by atoms with Crippen molar-refractivity contribution >= 4 is 5.97 Å². The summed E-state index contributed by atoms with van der Waals surface area (Å²) in [6, 6.07) is 0. The molecule has 3 saturated carbocycles. The van der Waals surface area contributed by atoms with Gasteiger partial charge in [-0.05, 0) is 74.0 Å². The molecule has 0 aliphatic heterocycles. The second kappa shape index (κ2) is 8.03. The maximum atomic E-state index is 10.4. The first kappa shape index (κ1) is 17.3. The summed E-state index contributed by atoms with van der Waals surface area (Å²) in [5, 5.41) is 8.60. The Labute approximate surface area is 142 Å². The van der Waals surface area contributed by atoms with Crippen LogP contribution in [0.4, 0.5) is 0 Å². The van der Waals surface area contributed by atoms with E-state index in [2.05, 4.69) is 6.92 Å². The molecular weight excluding hydrogens is 284 g/mol. The fourth-order valence-corrected chi connectivity index (χ4v) is 4.93. The second-order valence-electron chi connectivity index (χ2n) is 8.85. The van der Waals surface area contributed by atoms with E-state index >= 15 is 0 Å². The molecule has 6 atom stereocenters. The fourth-order valence-electron chi connectivity index (χ4n) is 4.93. The van der Waals surface area contributed by atoms with Crippen molar-refractivity contribution < 1.29 is 9.90 Å². The minimum Gasteiger partial charge on any atom is -0.481 e. The Bertz CT molecular complexity index is 391. The first-order chi connectivity index (χ1) is 11.2. The van der Waals surface area contributed by atoms with Crippen LogP contribution >= 0.6 is 0 Å². The molecule has 0 bridgehead atoms. The number of aliphatic carboxylic acids is 1. The van der Waals surface area contributed by atoms with Gasteiger partial charge in [0, 0.05) is 6.42 Å². The molecule has 2 nitrogen and oxygen atoms in total. The lowest BCUT2D eigenvalue weighted by atomic mass is 10.0. The summed E-state index contributed by atoms with van der Waals surface area (Å²) >= 11 is 0. The van der Waals surface area contributed by atoms with Gasteiger partial charge in [0.1, 0.15) is 0 Å². The lowest BCUT2D eigenvalue weighted by Gasteiger charge is -2.02.